The van der Waals surface area contributed by atoms with Gasteiger partial charge in [-0.3, -0.25) is 4.90 Å². The molecule has 1 saturated heterocycles. The van der Waals surface area contributed by atoms with Gasteiger partial charge in [-0.05, 0) is 13.0 Å². The van der Waals surface area contributed by atoms with Crippen molar-refractivity contribution in [3.8, 4) is 0 Å². The first-order valence-corrected chi connectivity index (χ1v) is 5.87. The number of oxazole rings is 1. The Morgan fingerprint density at radius 3 is 2.71 bits per heavy atom. The van der Waals surface area contributed by atoms with Crippen molar-refractivity contribution in [3.63, 3.8) is 0 Å². The van der Waals surface area contributed by atoms with Gasteiger partial charge in [0.05, 0.1) is 0 Å². The number of rotatable bonds is 4. The molecule has 6 heteroatoms. The van der Waals surface area contributed by atoms with Crippen molar-refractivity contribution in [2.24, 2.45) is 0 Å². The molecule has 0 radical (unpaired) electrons. The molecule has 94 valence electrons. The average Bonchev–Trinajstić information content (AvgIpc) is 2.80. The third-order valence-corrected chi connectivity index (χ3v) is 2.89. The number of carboxylic acids is 1. The molecule has 1 aromatic rings. The zero-order chi connectivity index (χ0) is 12.3. The minimum atomic E-state index is -1.05. The van der Waals surface area contributed by atoms with Crippen molar-refractivity contribution in [2.45, 2.75) is 13.3 Å². The van der Waals surface area contributed by atoms with Gasteiger partial charge in [0.15, 0.2) is 5.69 Å². The summed E-state index contributed by atoms with van der Waals surface area (Å²) in [7, 11) is 0. The van der Waals surface area contributed by atoms with Crippen LogP contribution in [0.5, 0.6) is 0 Å². The molecule has 0 amide bonds. The molecule has 1 N–H and O–H groups in total. The van der Waals surface area contributed by atoms with Crippen LogP contribution in [-0.2, 0) is 0 Å². The predicted octanol–water partition coefficient (Wildman–Crippen LogP) is 0.905. The summed E-state index contributed by atoms with van der Waals surface area (Å²) in [4.78, 5) is 19.0. The van der Waals surface area contributed by atoms with E-state index in [1.165, 1.54) is 6.26 Å². The molecule has 0 unspecified atom stereocenters. The zero-order valence-electron chi connectivity index (χ0n) is 9.93. The third kappa shape index (κ3) is 2.76. The Hall–Kier alpha value is -1.56. The molecule has 1 aliphatic rings. The summed E-state index contributed by atoms with van der Waals surface area (Å²) in [5.74, 6) is -1.05. The fraction of sp³-hybridized carbons (Fsp3) is 0.636. The summed E-state index contributed by atoms with van der Waals surface area (Å²) in [5, 5.41) is 8.76. The second-order valence-corrected chi connectivity index (χ2v) is 4.15. The van der Waals surface area contributed by atoms with E-state index in [4.69, 9.17) is 9.52 Å². The van der Waals surface area contributed by atoms with Gasteiger partial charge in [0.25, 0.3) is 6.01 Å². The molecule has 1 aliphatic heterocycles. The first kappa shape index (κ1) is 11.9. The highest BCUT2D eigenvalue weighted by Crippen LogP contribution is 2.15. The van der Waals surface area contributed by atoms with Gasteiger partial charge >= 0.3 is 5.97 Å². The molecule has 0 atom stereocenters. The first-order chi connectivity index (χ1) is 8.20. The lowest BCUT2D eigenvalue weighted by molar-refractivity contribution is 0.0690. The Morgan fingerprint density at radius 2 is 2.18 bits per heavy atom. The van der Waals surface area contributed by atoms with Crippen LogP contribution in [0.3, 0.4) is 0 Å². The van der Waals surface area contributed by atoms with Crippen LogP contribution in [0, 0.1) is 0 Å². The number of aromatic carboxylic acids is 1. The van der Waals surface area contributed by atoms with Gasteiger partial charge < -0.3 is 14.4 Å². The number of carbonyl (C=O) groups is 1. The topological polar surface area (TPSA) is 69.8 Å². The van der Waals surface area contributed by atoms with Crippen molar-refractivity contribution < 1.29 is 14.3 Å². The number of piperazine rings is 1. The van der Waals surface area contributed by atoms with Crippen LogP contribution in [0.15, 0.2) is 10.7 Å². The fourth-order valence-corrected chi connectivity index (χ4v) is 1.99. The number of anilines is 1. The second-order valence-electron chi connectivity index (χ2n) is 4.15. The lowest BCUT2D eigenvalue weighted by atomic mass is 10.3. The van der Waals surface area contributed by atoms with Gasteiger partial charge in [-0.15, -0.1) is 0 Å². The van der Waals surface area contributed by atoms with Crippen molar-refractivity contribution >= 4 is 12.0 Å². The van der Waals surface area contributed by atoms with E-state index in [1.807, 2.05) is 4.90 Å². The number of carboxylic acid groups (broad SMARTS) is 1. The summed E-state index contributed by atoms with van der Waals surface area (Å²) in [5.41, 5.74) is -0.0315. The van der Waals surface area contributed by atoms with Gasteiger partial charge in [0.1, 0.15) is 6.26 Å². The average molecular weight is 239 g/mol. The Morgan fingerprint density at radius 1 is 1.47 bits per heavy atom. The highest BCUT2D eigenvalue weighted by molar-refractivity contribution is 5.85. The minimum Gasteiger partial charge on any atom is -0.476 e. The summed E-state index contributed by atoms with van der Waals surface area (Å²) >= 11 is 0. The van der Waals surface area contributed by atoms with Crippen LogP contribution in [0.2, 0.25) is 0 Å². The number of hydrogen-bond donors (Lipinski definition) is 1. The van der Waals surface area contributed by atoms with Crippen molar-refractivity contribution in [1.82, 2.24) is 9.88 Å². The van der Waals surface area contributed by atoms with E-state index in [0.29, 0.717) is 6.01 Å². The Bertz CT molecular complexity index is 383. The van der Waals surface area contributed by atoms with E-state index in [-0.39, 0.29) is 5.69 Å². The Labute approximate surface area is 99.8 Å². The van der Waals surface area contributed by atoms with Gasteiger partial charge in [-0.2, -0.15) is 4.98 Å². The van der Waals surface area contributed by atoms with Crippen LogP contribution < -0.4 is 4.90 Å². The molecule has 0 bridgehead atoms. The van der Waals surface area contributed by atoms with E-state index in [0.717, 1.165) is 39.1 Å². The molecular weight excluding hydrogens is 222 g/mol. The van der Waals surface area contributed by atoms with E-state index < -0.39 is 5.97 Å². The van der Waals surface area contributed by atoms with Gasteiger partial charge in [0, 0.05) is 26.2 Å². The number of hydrogen-bond acceptors (Lipinski definition) is 5. The van der Waals surface area contributed by atoms with Crippen LogP contribution in [-0.4, -0.2) is 53.7 Å². The molecule has 2 heterocycles. The molecule has 17 heavy (non-hydrogen) atoms. The van der Waals surface area contributed by atoms with Crippen LogP contribution in [0.4, 0.5) is 6.01 Å². The van der Waals surface area contributed by atoms with Gasteiger partial charge in [-0.25, -0.2) is 4.79 Å². The van der Waals surface area contributed by atoms with Crippen LogP contribution >= 0.6 is 0 Å². The summed E-state index contributed by atoms with van der Waals surface area (Å²) < 4.78 is 5.18. The maximum Gasteiger partial charge on any atom is 0.357 e. The normalized spacial score (nSPS) is 17.4. The summed E-state index contributed by atoms with van der Waals surface area (Å²) in [6.07, 6.45) is 2.35. The van der Waals surface area contributed by atoms with E-state index in [1.54, 1.807) is 0 Å². The quantitative estimate of drug-likeness (QED) is 0.842. The SMILES string of the molecule is CCCN1CCN(c2nc(C(=O)O)co2)CC1. The fourth-order valence-electron chi connectivity index (χ4n) is 1.99. The molecule has 0 aromatic carbocycles. The standard InChI is InChI=1S/C11H17N3O3/c1-2-3-13-4-6-14(7-5-13)11-12-9(8-17-11)10(15)16/h8H,2-7H2,1H3,(H,15,16). The van der Waals surface area contributed by atoms with Gasteiger partial charge in [0.2, 0.25) is 0 Å². The van der Waals surface area contributed by atoms with E-state index in [2.05, 4.69) is 16.8 Å². The molecule has 0 saturated carbocycles. The molecular formula is C11H17N3O3. The molecule has 2 rings (SSSR count). The molecule has 0 aliphatic carbocycles. The third-order valence-electron chi connectivity index (χ3n) is 2.89. The Balaban J connectivity index is 1.93. The molecule has 1 aromatic heterocycles. The summed E-state index contributed by atoms with van der Waals surface area (Å²) in [6.45, 7) is 6.88. The number of nitrogens with zero attached hydrogens (tertiary/aromatic N) is 3. The van der Waals surface area contributed by atoms with Crippen molar-refractivity contribution in [2.75, 3.05) is 37.6 Å². The monoisotopic (exact) mass is 239 g/mol. The first-order valence-electron chi connectivity index (χ1n) is 5.87. The smallest absolute Gasteiger partial charge is 0.357 e. The summed E-state index contributed by atoms with van der Waals surface area (Å²) in [6, 6.07) is 0.415. The zero-order valence-corrected chi connectivity index (χ0v) is 9.93. The predicted molar refractivity (Wildman–Crippen MR) is 62.4 cm³/mol. The Kier molecular flexibility index (Phi) is 3.63. The van der Waals surface area contributed by atoms with Crippen LogP contribution in [0.25, 0.3) is 0 Å². The number of aromatic nitrogens is 1. The van der Waals surface area contributed by atoms with Gasteiger partial charge in [-0.1, -0.05) is 6.92 Å². The lowest BCUT2D eigenvalue weighted by Crippen LogP contribution is -2.46. The maximum absolute atomic E-state index is 10.7. The highest BCUT2D eigenvalue weighted by Gasteiger charge is 2.21. The van der Waals surface area contributed by atoms with Crippen LogP contribution in [0.1, 0.15) is 23.8 Å². The van der Waals surface area contributed by atoms with Crippen molar-refractivity contribution in [3.05, 3.63) is 12.0 Å². The van der Waals surface area contributed by atoms with E-state index >= 15 is 0 Å². The molecule has 6 nitrogen and oxygen atoms in total. The maximum atomic E-state index is 10.7. The minimum absolute atomic E-state index is 0.0315. The van der Waals surface area contributed by atoms with Crippen molar-refractivity contribution in [1.29, 1.82) is 0 Å². The second kappa shape index (κ2) is 5.18. The largest absolute Gasteiger partial charge is 0.476 e. The molecule has 0 spiro atoms. The van der Waals surface area contributed by atoms with E-state index in [9.17, 15) is 4.79 Å². The lowest BCUT2D eigenvalue weighted by Gasteiger charge is -2.33. The highest BCUT2D eigenvalue weighted by atomic mass is 16.4. The molecule has 1 fully saturated rings.